The largest absolute Gasteiger partial charge is 0.497 e. The van der Waals surface area contributed by atoms with Gasteiger partial charge < -0.3 is 14.8 Å². The number of benzene rings is 1. The fourth-order valence-electron chi connectivity index (χ4n) is 2.20. The summed E-state index contributed by atoms with van der Waals surface area (Å²) in [7, 11) is 1.69. The maximum atomic E-state index is 5.99. The maximum absolute atomic E-state index is 5.99. The van der Waals surface area contributed by atoms with E-state index < -0.39 is 0 Å². The molecule has 1 fully saturated rings. The lowest BCUT2D eigenvalue weighted by Gasteiger charge is -2.13. The molecule has 0 radical (unpaired) electrons. The van der Waals surface area contributed by atoms with Crippen molar-refractivity contribution in [2.75, 3.05) is 13.7 Å². The van der Waals surface area contributed by atoms with Crippen molar-refractivity contribution < 1.29 is 9.47 Å². The molecular weight excluding hydrogens is 282 g/mol. The lowest BCUT2D eigenvalue weighted by Crippen LogP contribution is -2.16. The van der Waals surface area contributed by atoms with E-state index in [4.69, 9.17) is 9.47 Å². The molecule has 0 aliphatic heterocycles. The molecule has 0 unspecified atom stereocenters. The van der Waals surface area contributed by atoms with Gasteiger partial charge in [0.2, 0.25) is 0 Å². The molecule has 0 bridgehead atoms. The number of thiophene rings is 1. The molecule has 0 atom stereocenters. The van der Waals surface area contributed by atoms with Crippen LogP contribution >= 0.6 is 11.3 Å². The quantitative estimate of drug-likeness (QED) is 0.808. The number of hydrogen-bond donors (Lipinski definition) is 1. The fraction of sp³-hybridized carbons (Fsp3) is 0.412. The molecule has 1 aliphatic carbocycles. The summed E-state index contributed by atoms with van der Waals surface area (Å²) in [5, 5.41) is 7.81. The maximum Gasteiger partial charge on any atom is 0.127 e. The highest BCUT2D eigenvalue weighted by molar-refractivity contribution is 7.07. The van der Waals surface area contributed by atoms with E-state index in [0.717, 1.165) is 24.5 Å². The minimum absolute atomic E-state index is 0.695. The van der Waals surface area contributed by atoms with Crippen molar-refractivity contribution in [1.29, 1.82) is 0 Å². The van der Waals surface area contributed by atoms with Gasteiger partial charge in [-0.15, -0.1) is 0 Å². The van der Waals surface area contributed by atoms with Gasteiger partial charge in [-0.05, 0) is 41.3 Å². The van der Waals surface area contributed by atoms with E-state index >= 15 is 0 Å². The molecule has 1 saturated carbocycles. The van der Waals surface area contributed by atoms with Crippen molar-refractivity contribution in [2.24, 2.45) is 0 Å². The molecule has 1 aliphatic rings. The molecule has 0 spiro atoms. The summed E-state index contributed by atoms with van der Waals surface area (Å²) in [4.78, 5) is 0. The van der Waals surface area contributed by atoms with Crippen molar-refractivity contribution in [2.45, 2.75) is 31.8 Å². The van der Waals surface area contributed by atoms with Crippen LogP contribution in [-0.4, -0.2) is 19.8 Å². The second kappa shape index (κ2) is 6.96. The molecule has 21 heavy (non-hydrogen) atoms. The smallest absolute Gasteiger partial charge is 0.127 e. The molecule has 0 saturated heterocycles. The highest BCUT2D eigenvalue weighted by Crippen LogP contribution is 2.27. The molecule has 1 N–H and O–H groups in total. The van der Waals surface area contributed by atoms with Crippen LogP contribution in [0.15, 0.2) is 35.0 Å². The van der Waals surface area contributed by atoms with Gasteiger partial charge in [0, 0.05) is 30.6 Å². The standard InChI is InChI=1S/C17H21NO2S/c1-19-16-5-2-14(11-18-15-3-4-15)17(10-16)20-8-6-13-7-9-21-12-13/h2,5,7,9-10,12,15,18H,3-4,6,8,11H2,1H3. The van der Waals surface area contributed by atoms with E-state index in [2.05, 4.69) is 28.2 Å². The van der Waals surface area contributed by atoms with Crippen molar-refractivity contribution in [3.05, 3.63) is 46.2 Å². The summed E-state index contributed by atoms with van der Waals surface area (Å²) in [6.07, 6.45) is 3.53. The Morgan fingerprint density at radius 2 is 2.19 bits per heavy atom. The Morgan fingerprint density at radius 3 is 2.90 bits per heavy atom. The molecule has 112 valence electrons. The first kappa shape index (κ1) is 14.4. The van der Waals surface area contributed by atoms with Crippen LogP contribution in [0, 0.1) is 0 Å². The summed E-state index contributed by atoms with van der Waals surface area (Å²) >= 11 is 1.73. The highest BCUT2D eigenvalue weighted by Gasteiger charge is 2.20. The third kappa shape index (κ3) is 4.22. The molecule has 4 heteroatoms. The van der Waals surface area contributed by atoms with E-state index in [0.29, 0.717) is 12.6 Å². The lowest BCUT2D eigenvalue weighted by atomic mass is 10.2. The molecule has 1 aromatic heterocycles. The van der Waals surface area contributed by atoms with Crippen LogP contribution in [-0.2, 0) is 13.0 Å². The number of ether oxygens (including phenoxy) is 2. The summed E-state index contributed by atoms with van der Waals surface area (Å²) in [5.41, 5.74) is 2.54. The number of methoxy groups -OCH3 is 1. The topological polar surface area (TPSA) is 30.5 Å². The van der Waals surface area contributed by atoms with E-state index in [1.807, 2.05) is 12.1 Å². The molecule has 3 nitrogen and oxygen atoms in total. The Balaban J connectivity index is 1.61. The third-order valence-corrected chi connectivity index (χ3v) is 4.39. The Labute approximate surface area is 129 Å². The zero-order valence-electron chi connectivity index (χ0n) is 12.3. The Hall–Kier alpha value is -1.52. The van der Waals surface area contributed by atoms with Crippen molar-refractivity contribution >= 4 is 11.3 Å². The van der Waals surface area contributed by atoms with Crippen molar-refractivity contribution in [3.8, 4) is 11.5 Å². The summed E-state index contributed by atoms with van der Waals surface area (Å²) < 4.78 is 11.3. The van der Waals surface area contributed by atoms with Crippen LogP contribution in [0.1, 0.15) is 24.0 Å². The summed E-state index contributed by atoms with van der Waals surface area (Å²) in [5.74, 6) is 1.77. The number of hydrogen-bond acceptors (Lipinski definition) is 4. The first-order valence-electron chi connectivity index (χ1n) is 7.39. The van der Waals surface area contributed by atoms with Gasteiger partial charge in [0.1, 0.15) is 11.5 Å². The highest BCUT2D eigenvalue weighted by atomic mass is 32.1. The molecular formula is C17H21NO2S. The zero-order chi connectivity index (χ0) is 14.5. The van der Waals surface area contributed by atoms with Crippen LogP contribution in [0.5, 0.6) is 11.5 Å². The van der Waals surface area contributed by atoms with E-state index in [-0.39, 0.29) is 0 Å². The summed E-state index contributed by atoms with van der Waals surface area (Å²) in [6, 6.07) is 8.92. The van der Waals surface area contributed by atoms with E-state index in [1.54, 1.807) is 18.4 Å². The van der Waals surface area contributed by atoms with Crippen LogP contribution in [0.3, 0.4) is 0 Å². The Kier molecular flexibility index (Phi) is 4.78. The number of nitrogens with one attached hydrogen (secondary N) is 1. The lowest BCUT2D eigenvalue weighted by molar-refractivity contribution is 0.314. The predicted molar refractivity (Wildman–Crippen MR) is 86.4 cm³/mol. The third-order valence-electron chi connectivity index (χ3n) is 3.66. The van der Waals surface area contributed by atoms with Gasteiger partial charge >= 0.3 is 0 Å². The van der Waals surface area contributed by atoms with Crippen LogP contribution in [0.25, 0.3) is 0 Å². The predicted octanol–water partition coefficient (Wildman–Crippen LogP) is 3.63. The second-order valence-corrected chi connectivity index (χ2v) is 6.14. The van der Waals surface area contributed by atoms with Crippen molar-refractivity contribution in [3.63, 3.8) is 0 Å². The van der Waals surface area contributed by atoms with Gasteiger partial charge in [-0.1, -0.05) is 6.07 Å². The first-order chi connectivity index (χ1) is 10.3. The monoisotopic (exact) mass is 303 g/mol. The molecule has 1 heterocycles. The summed E-state index contributed by atoms with van der Waals surface area (Å²) in [6.45, 7) is 1.56. The zero-order valence-corrected chi connectivity index (χ0v) is 13.1. The fourth-order valence-corrected chi connectivity index (χ4v) is 2.90. The molecule has 3 rings (SSSR count). The second-order valence-electron chi connectivity index (χ2n) is 5.36. The van der Waals surface area contributed by atoms with Gasteiger partial charge in [-0.3, -0.25) is 0 Å². The Bertz CT molecular complexity index is 564. The van der Waals surface area contributed by atoms with Crippen LogP contribution in [0.4, 0.5) is 0 Å². The van der Waals surface area contributed by atoms with Gasteiger partial charge in [0.25, 0.3) is 0 Å². The minimum Gasteiger partial charge on any atom is -0.497 e. The average molecular weight is 303 g/mol. The van der Waals surface area contributed by atoms with Crippen LogP contribution in [0.2, 0.25) is 0 Å². The van der Waals surface area contributed by atoms with E-state index in [9.17, 15) is 0 Å². The molecule has 0 amide bonds. The van der Waals surface area contributed by atoms with Gasteiger partial charge in [-0.25, -0.2) is 0 Å². The average Bonchev–Trinajstić information content (AvgIpc) is 3.20. The number of rotatable bonds is 8. The van der Waals surface area contributed by atoms with Gasteiger partial charge in [0.05, 0.1) is 13.7 Å². The van der Waals surface area contributed by atoms with Gasteiger partial charge in [-0.2, -0.15) is 11.3 Å². The van der Waals surface area contributed by atoms with Crippen LogP contribution < -0.4 is 14.8 Å². The molecule has 1 aromatic carbocycles. The normalized spacial score (nSPS) is 14.1. The Morgan fingerprint density at radius 1 is 1.29 bits per heavy atom. The minimum atomic E-state index is 0.695. The molecule has 2 aromatic rings. The SMILES string of the molecule is COc1ccc(CNC2CC2)c(OCCc2ccsc2)c1. The van der Waals surface area contributed by atoms with Gasteiger partial charge in [0.15, 0.2) is 0 Å². The first-order valence-corrected chi connectivity index (χ1v) is 8.33. The van der Waals surface area contributed by atoms with E-state index in [1.165, 1.54) is 24.0 Å². The van der Waals surface area contributed by atoms with Crippen molar-refractivity contribution in [1.82, 2.24) is 5.32 Å².